The predicted octanol–water partition coefficient (Wildman–Crippen LogP) is 2.54. The Balaban J connectivity index is 0. The van der Waals surface area contributed by atoms with Crippen LogP contribution in [0.5, 0.6) is 0 Å². The van der Waals surface area contributed by atoms with Gasteiger partial charge in [0.1, 0.15) is 0 Å². The molecular weight excluding hydrogens is 270 g/mol. The molecule has 0 saturated heterocycles. The Hall–Kier alpha value is 0.0300. The molecule has 0 aromatic rings. The van der Waals surface area contributed by atoms with E-state index < -0.39 is 5.54 Å². The summed E-state index contributed by atoms with van der Waals surface area (Å²) >= 11 is 8.25. The Morgan fingerprint density at radius 1 is 1.41 bits per heavy atom. The van der Waals surface area contributed by atoms with Crippen molar-refractivity contribution in [2.24, 2.45) is 5.92 Å². The number of ketones is 1. The van der Waals surface area contributed by atoms with Crippen molar-refractivity contribution in [2.45, 2.75) is 52.6 Å². The van der Waals surface area contributed by atoms with Gasteiger partial charge in [-0.3, -0.25) is 4.79 Å². The van der Waals surface area contributed by atoms with Crippen molar-refractivity contribution in [3.05, 3.63) is 12.7 Å². The summed E-state index contributed by atoms with van der Waals surface area (Å²) in [6, 6.07) is 0.308. The molecule has 0 aromatic carbocycles. The summed E-state index contributed by atoms with van der Waals surface area (Å²) in [5.41, 5.74) is -0.454. The van der Waals surface area contributed by atoms with E-state index in [1.807, 2.05) is 20.8 Å². The van der Waals surface area contributed by atoms with Crippen molar-refractivity contribution >= 4 is 37.0 Å². The topological polar surface area (TPSA) is 29.1 Å². The van der Waals surface area contributed by atoms with Gasteiger partial charge in [0.25, 0.3) is 0 Å². The third-order valence-electron chi connectivity index (χ3n) is 2.23. The number of carbonyl (C=O) groups excluding carboxylic acids is 1. The minimum atomic E-state index is -0.454. The number of carbonyl (C=O) groups is 1. The van der Waals surface area contributed by atoms with Crippen LogP contribution in [0.2, 0.25) is 0 Å². The van der Waals surface area contributed by atoms with E-state index in [0.29, 0.717) is 12.5 Å². The molecule has 17 heavy (non-hydrogen) atoms. The summed E-state index contributed by atoms with van der Waals surface area (Å²) in [6.07, 6.45) is 2.48. The molecule has 0 rings (SSSR count). The third kappa shape index (κ3) is 8.71. The zero-order valence-corrected chi connectivity index (χ0v) is 13.7. The lowest BCUT2D eigenvalue weighted by atomic mass is 9.85. The maximum absolute atomic E-state index is 12.0. The first kappa shape index (κ1) is 19.4. The fourth-order valence-corrected chi connectivity index (χ4v) is 1.79. The van der Waals surface area contributed by atoms with E-state index in [2.05, 4.69) is 48.1 Å². The van der Waals surface area contributed by atoms with Crippen LogP contribution in [0.3, 0.4) is 0 Å². The zero-order chi connectivity index (χ0) is 14.1. The minimum Gasteiger partial charge on any atom is -0.303 e. The molecule has 0 heterocycles. The van der Waals surface area contributed by atoms with Crippen LogP contribution in [0.1, 0.15) is 41.0 Å². The van der Waals surface area contributed by atoms with Gasteiger partial charge in [0.2, 0.25) is 0 Å². The highest BCUT2D eigenvalue weighted by atomic mass is 33.1. The molecule has 0 fully saturated rings. The Labute approximate surface area is 118 Å². The maximum atomic E-state index is 12.0. The second-order valence-electron chi connectivity index (χ2n) is 4.71. The van der Waals surface area contributed by atoms with E-state index in [0.717, 1.165) is 8.88 Å². The summed E-state index contributed by atoms with van der Waals surface area (Å²) in [4.78, 5) is 12.0. The molecule has 100 valence electrons. The van der Waals surface area contributed by atoms with Crippen LogP contribution in [0.25, 0.3) is 0 Å². The van der Waals surface area contributed by atoms with Crippen LogP contribution in [0, 0.1) is 5.92 Å². The third-order valence-corrected chi connectivity index (χ3v) is 2.23. The van der Waals surface area contributed by atoms with Crippen LogP contribution in [0.15, 0.2) is 12.7 Å². The predicted molar refractivity (Wildman–Crippen MR) is 83.4 cm³/mol. The van der Waals surface area contributed by atoms with Gasteiger partial charge in [-0.2, -0.15) is 0 Å². The van der Waals surface area contributed by atoms with E-state index in [9.17, 15) is 4.79 Å². The monoisotopic (exact) mass is 293 g/mol. The smallest absolute Gasteiger partial charge is 0.155 e. The van der Waals surface area contributed by atoms with Crippen molar-refractivity contribution in [3.8, 4) is 0 Å². The molecule has 2 nitrogen and oxygen atoms in total. The van der Waals surface area contributed by atoms with Gasteiger partial charge in [-0.05, 0) is 27.2 Å². The molecule has 5 heteroatoms. The lowest BCUT2D eigenvalue weighted by molar-refractivity contribution is -0.128. The average molecular weight is 294 g/mol. The summed E-state index contributed by atoms with van der Waals surface area (Å²) < 4.78 is 0. The number of hydrogen-bond donors (Lipinski definition) is 1. The standard InChI is InChI=1S/C12H23NO.S3/c1-7-8-12(6,13-10(4)5)11(14)9(2)3;1-3-2/h7,9-10,13H,1,8H2,2-6H3;/t12-;/m0./s1. The fourth-order valence-electron chi connectivity index (χ4n) is 1.79. The van der Waals surface area contributed by atoms with Crippen LogP contribution in [-0.4, -0.2) is 17.4 Å². The molecule has 0 spiro atoms. The molecule has 0 amide bonds. The summed E-state index contributed by atoms with van der Waals surface area (Å²) in [6.45, 7) is 13.6. The highest BCUT2D eigenvalue weighted by Gasteiger charge is 2.33. The Morgan fingerprint density at radius 2 is 1.82 bits per heavy atom. The van der Waals surface area contributed by atoms with Crippen molar-refractivity contribution in [1.29, 1.82) is 0 Å². The van der Waals surface area contributed by atoms with E-state index in [-0.39, 0.29) is 11.7 Å². The van der Waals surface area contributed by atoms with Crippen molar-refractivity contribution in [2.75, 3.05) is 0 Å². The minimum absolute atomic E-state index is 0.0613. The Morgan fingerprint density at radius 3 is 2.06 bits per heavy atom. The molecular formula is C12H23NOS3. The normalized spacial score (nSPS) is 13.6. The number of rotatable bonds is 6. The van der Waals surface area contributed by atoms with Gasteiger partial charge in [-0.25, -0.2) is 0 Å². The van der Waals surface area contributed by atoms with Crippen molar-refractivity contribution in [1.82, 2.24) is 5.32 Å². The second kappa shape index (κ2) is 10.00. The number of nitrogens with one attached hydrogen (secondary N) is 1. The molecule has 0 radical (unpaired) electrons. The zero-order valence-electron chi connectivity index (χ0n) is 11.3. The maximum Gasteiger partial charge on any atom is 0.155 e. The highest BCUT2D eigenvalue weighted by molar-refractivity contribution is 8.37. The summed E-state index contributed by atoms with van der Waals surface area (Å²) in [7, 11) is 0.917. The van der Waals surface area contributed by atoms with Crippen LogP contribution < -0.4 is 5.32 Å². The molecule has 0 saturated carbocycles. The quantitative estimate of drug-likeness (QED) is 0.762. The SMILES string of the molecule is C=CC[C@](C)(NC(C)C)C(=O)C(C)C.S=S=S. The first-order valence-electron chi connectivity index (χ1n) is 5.59. The van der Waals surface area contributed by atoms with Gasteiger partial charge in [0.15, 0.2) is 5.78 Å². The number of Topliss-reactive ketones (excluding diaryl/α,β-unsaturated/α-hetero) is 1. The van der Waals surface area contributed by atoms with E-state index in [1.54, 1.807) is 6.08 Å². The van der Waals surface area contributed by atoms with Gasteiger partial charge in [0, 0.05) is 43.2 Å². The van der Waals surface area contributed by atoms with Crippen molar-refractivity contribution < 1.29 is 4.79 Å². The lowest BCUT2D eigenvalue weighted by Crippen LogP contribution is -2.53. The number of hydrogen-bond acceptors (Lipinski definition) is 4. The second-order valence-corrected chi connectivity index (χ2v) is 6.48. The fraction of sp³-hybridized carbons (Fsp3) is 0.750. The summed E-state index contributed by atoms with van der Waals surface area (Å²) in [5.74, 6) is 0.317. The first-order chi connectivity index (χ1) is 7.75. The molecule has 1 N–H and O–H groups in total. The Bertz CT molecular complexity index is 283. The van der Waals surface area contributed by atoms with E-state index >= 15 is 0 Å². The van der Waals surface area contributed by atoms with Gasteiger partial charge in [-0.1, -0.05) is 19.9 Å². The highest BCUT2D eigenvalue weighted by Crippen LogP contribution is 2.17. The van der Waals surface area contributed by atoms with Crippen LogP contribution >= 0.6 is 0 Å². The molecule has 0 bridgehead atoms. The lowest BCUT2D eigenvalue weighted by Gasteiger charge is -2.32. The molecule has 0 aliphatic heterocycles. The Kier molecular flexibility index (Phi) is 11.4. The van der Waals surface area contributed by atoms with Crippen molar-refractivity contribution in [3.63, 3.8) is 0 Å². The van der Waals surface area contributed by atoms with E-state index in [1.165, 1.54) is 0 Å². The van der Waals surface area contributed by atoms with Gasteiger partial charge < -0.3 is 5.32 Å². The largest absolute Gasteiger partial charge is 0.303 e. The first-order valence-corrected chi connectivity index (χ1v) is 8.26. The van der Waals surface area contributed by atoms with Gasteiger partial charge in [0.05, 0.1) is 5.54 Å². The molecule has 0 aliphatic rings. The van der Waals surface area contributed by atoms with Gasteiger partial charge >= 0.3 is 0 Å². The molecule has 1 atom stereocenters. The van der Waals surface area contributed by atoms with Crippen LogP contribution in [-0.2, 0) is 36.1 Å². The average Bonchev–Trinajstić information content (AvgIpc) is 2.16. The molecule has 0 aromatic heterocycles. The summed E-state index contributed by atoms with van der Waals surface area (Å²) in [5, 5.41) is 3.32. The van der Waals surface area contributed by atoms with E-state index in [4.69, 9.17) is 0 Å². The molecule has 0 unspecified atom stereocenters. The van der Waals surface area contributed by atoms with Gasteiger partial charge in [-0.15, -0.1) is 6.58 Å². The molecule has 0 aliphatic carbocycles. The van der Waals surface area contributed by atoms with Crippen LogP contribution in [0.4, 0.5) is 0 Å².